The molecule has 2 aromatic carbocycles. The van der Waals surface area contributed by atoms with Crippen LogP contribution in [0.25, 0.3) is 10.2 Å². The number of halogens is 1. The average Bonchev–Trinajstić information content (AvgIpc) is 3.35. The van der Waals surface area contributed by atoms with E-state index in [1.54, 1.807) is 23.9 Å². The predicted molar refractivity (Wildman–Crippen MR) is 121 cm³/mol. The van der Waals surface area contributed by atoms with Crippen LogP contribution in [-0.4, -0.2) is 27.0 Å². The third-order valence-electron chi connectivity index (χ3n) is 4.62. The Morgan fingerprint density at radius 2 is 2.00 bits per heavy atom. The number of hydrogen-bond acceptors (Lipinski definition) is 4. The number of thiazole rings is 1. The minimum absolute atomic E-state index is 0. The molecule has 0 saturated heterocycles. The molecule has 0 spiro atoms. The van der Waals surface area contributed by atoms with Gasteiger partial charge in [-0.25, -0.2) is 9.97 Å². The third kappa shape index (κ3) is 5.22. The summed E-state index contributed by atoms with van der Waals surface area (Å²) in [6, 6.07) is 16.1. The Balaban J connectivity index is 0.00000240. The molecular weight excluding hydrogens is 404 g/mol. The van der Waals surface area contributed by atoms with Crippen molar-refractivity contribution in [3.05, 3.63) is 78.4 Å². The van der Waals surface area contributed by atoms with Gasteiger partial charge >= 0.3 is 0 Å². The lowest BCUT2D eigenvalue weighted by Crippen LogP contribution is -2.33. The van der Waals surface area contributed by atoms with Crippen molar-refractivity contribution in [2.24, 2.45) is 0 Å². The summed E-state index contributed by atoms with van der Waals surface area (Å²) in [5.41, 5.74) is 3.16. The zero-order valence-electron chi connectivity index (χ0n) is 16.2. The summed E-state index contributed by atoms with van der Waals surface area (Å²) in [6.07, 6.45) is 6.73. The van der Waals surface area contributed by atoms with Gasteiger partial charge in [0.15, 0.2) is 5.13 Å². The maximum atomic E-state index is 13.1. The first-order chi connectivity index (χ1) is 13.7. The van der Waals surface area contributed by atoms with Crippen LogP contribution in [0.15, 0.2) is 67.3 Å². The second-order valence-electron chi connectivity index (χ2n) is 6.83. The highest BCUT2D eigenvalue weighted by atomic mass is 35.5. The van der Waals surface area contributed by atoms with E-state index in [-0.39, 0.29) is 18.3 Å². The van der Waals surface area contributed by atoms with Crippen LogP contribution in [0.3, 0.4) is 0 Å². The van der Waals surface area contributed by atoms with Crippen LogP contribution in [0, 0.1) is 6.92 Å². The van der Waals surface area contributed by atoms with Crippen molar-refractivity contribution in [1.82, 2.24) is 14.5 Å². The molecule has 0 fully saturated rings. The molecule has 2 aromatic heterocycles. The molecule has 29 heavy (non-hydrogen) atoms. The highest BCUT2D eigenvalue weighted by Crippen LogP contribution is 2.30. The fraction of sp³-hybridized carbons (Fsp3) is 0.227. The number of carbonyl (C=O) groups excluding carboxylic acids is 1. The zero-order valence-corrected chi connectivity index (χ0v) is 17.8. The summed E-state index contributed by atoms with van der Waals surface area (Å²) >= 11 is 1.58. The SMILES string of the molecule is Cc1ccc2nc(N(CCCn3ccnc3)C(=O)Cc3ccccc3)sc2c1.Cl. The second kappa shape index (κ2) is 9.67. The van der Waals surface area contributed by atoms with E-state index in [2.05, 4.69) is 24.0 Å². The van der Waals surface area contributed by atoms with Gasteiger partial charge in [-0.15, -0.1) is 12.4 Å². The zero-order chi connectivity index (χ0) is 19.3. The van der Waals surface area contributed by atoms with Crippen LogP contribution in [-0.2, 0) is 17.8 Å². The van der Waals surface area contributed by atoms with Gasteiger partial charge in [0.25, 0.3) is 0 Å². The minimum Gasteiger partial charge on any atom is -0.337 e. The van der Waals surface area contributed by atoms with Crippen LogP contribution in [0.5, 0.6) is 0 Å². The van der Waals surface area contributed by atoms with Gasteiger partial charge in [0.05, 0.1) is 23.0 Å². The normalized spacial score (nSPS) is 10.7. The van der Waals surface area contributed by atoms with Crippen LogP contribution >= 0.6 is 23.7 Å². The number of rotatable bonds is 7. The molecule has 0 saturated carbocycles. The van der Waals surface area contributed by atoms with Crippen molar-refractivity contribution in [2.45, 2.75) is 26.3 Å². The lowest BCUT2D eigenvalue weighted by atomic mass is 10.1. The van der Waals surface area contributed by atoms with Gasteiger partial charge in [-0.2, -0.15) is 0 Å². The number of carbonyl (C=O) groups is 1. The van der Waals surface area contributed by atoms with E-state index in [9.17, 15) is 4.79 Å². The predicted octanol–water partition coefficient (Wildman–Crippen LogP) is 4.89. The van der Waals surface area contributed by atoms with Crippen LogP contribution in [0.4, 0.5) is 5.13 Å². The monoisotopic (exact) mass is 426 g/mol. The van der Waals surface area contributed by atoms with E-state index < -0.39 is 0 Å². The molecule has 0 aliphatic carbocycles. The Labute approximate surface area is 180 Å². The van der Waals surface area contributed by atoms with Gasteiger partial charge in [-0.1, -0.05) is 47.7 Å². The van der Waals surface area contributed by atoms with Crippen molar-refractivity contribution in [1.29, 1.82) is 0 Å². The second-order valence-corrected chi connectivity index (χ2v) is 7.84. The van der Waals surface area contributed by atoms with E-state index in [1.165, 1.54) is 5.56 Å². The third-order valence-corrected chi connectivity index (χ3v) is 5.66. The van der Waals surface area contributed by atoms with Gasteiger partial charge in [-0.05, 0) is 36.6 Å². The average molecular weight is 427 g/mol. The number of benzene rings is 2. The van der Waals surface area contributed by atoms with Crippen LogP contribution < -0.4 is 4.90 Å². The van der Waals surface area contributed by atoms with Crippen molar-refractivity contribution in [2.75, 3.05) is 11.4 Å². The van der Waals surface area contributed by atoms with E-state index in [0.717, 1.165) is 33.9 Å². The number of nitrogens with zero attached hydrogens (tertiary/aromatic N) is 4. The molecule has 0 aliphatic rings. The lowest BCUT2D eigenvalue weighted by Gasteiger charge is -2.20. The van der Waals surface area contributed by atoms with E-state index >= 15 is 0 Å². The Hall–Kier alpha value is -2.70. The number of aromatic nitrogens is 3. The summed E-state index contributed by atoms with van der Waals surface area (Å²) in [6.45, 7) is 3.52. The fourth-order valence-electron chi connectivity index (χ4n) is 3.16. The Morgan fingerprint density at radius 3 is 2.76 bits per heavy atom. The Kier molecular flexibility index (Phi) is 7.01. The molecule has 4 aromatic rings. The summed E-state index contributed by atoms with van der Waals surface area (Å²) in [7, 11) is 0. The molecule has 0 aliphatic heterocycles. The Morgan fingerprint density at radius 1 is 1.17 bits per heavy atom. The first-order valence-electron chi connectivity index (χ1n) is 9.36. The molecule has 0 unspecified atom stereocenters. The van der Waals surface area contributed by atoms with Crippen molar-refractivity contribution in [3.63, 3.8) is 0 Å². The number of amides is 1. The van der Waals surface area contributed by atoms with Gasteiger partial charge in [0, 0.05) is 25.5 Å². The number of aryl methyl sites for hydroxylation is 2. The molecule has 4 rings (SSSR count). The van der Waals surface area contributed by atoms with Crippen LogP contribution in [0.1, 0.15) is 17.5 Å². The lowest BCUT2D eigenvalue weighted by molar-refractivity contribution is -0.118. The smallest absolute Gasteiger partial charge is 0.233 e. The summed E-state index contributed by atoms with van der Waals surface area (Å²) in [4.78, 5) is 23.8. The highest BCUT2D eigenvalue weighted by Gasteiger charge is 2.20. The summed E-state index contributed by atoms with van der Waals surface area (Å²) < 4.78 is 3.14. The molecule has 150 valence electrons. The van der Waals surface area contributed by atoms with Crippen LogP contribution in [0.2, 0.25) is 0 Å². The largest absolute Gasteiger partial charge is 0.337 e. The first-order valence-corrected chi connectivity index (χ1v) is 10.2. The van der Waals surface area contributed by atoms with Crippen molar-refractivity contribution >= 4 is 45.0 Å². The van der Waals surface area contributed by atoms with E-state index in [1.807, 2.05) is 52.1 Å². The molecule has 2 heterocycles. The quantitative estimate of drug-likeness (QED) is 0.422. The maximum Gasteiger partial charge on any atom is 0.233 e. The number of fused-ring (bicyclic) bond motifs is 1. The fourth-order valence-corrected chi connectivity index (χ4v) is 4.27. The van der Waals surface area contributed by atoms with Gasteiger partial charge in [0.1, 0.15) is 0 Å². The molecule has 0 atom stereocenters. The molecule has 0 N–H and O–H groups in total. The number of imidazole rings is 1. The first kappa shape index (κ1) is 21.0. The molecule has 1 amide bonds. The van der Waals surface area contributed by atoms with Crippen molar-refractivity contribution < 1.29 is 4.79 Å². The van der Waals surface area contributed by atoms with E-state index in [4.69, 9.17) is 4.98 Å². The topological polar surface area (TPSA) is 51.0 Å². The van der Waals surface area contributed by atoms with Gasteiger partial charge in [0.2, 0.25) is 5.91 Å². The number of hydrogen-bond donors (Lipinski definition) is 0. The highest BCUT2D eigenvalue weighted by molar-refractivity contribution is 7.22. The van der Waals surface area contributed by atoms with E-state index in [0.29, 0.717) is 13.0 Å². The number of anilines is 1. The molecule has 0 bridgehead atoms. The molecule has 0 radical (unpaired) electrons. The molecule has 5 nitrogen and oxygen atoms in total. The maximum absolute atomic E-state index is 13.1. The molecular formula is C22H23ClN4OS. The Bertz CT molecular complexity index is 1060. The standard InChI is InChI=1S/C22H22N4OS.ClH/c1-17-8-9-19-20(14-17)28-22(24-19)26(12-5-11-25-13-10-23-16-25)21(27)15-18-6-3-2-4-7-18;/h2-4,6-10,13-14,16H,5,11-12,15H2,1H3;1H. The minimum atomic E-state index is 0. The van der Waals surface area contributed by atoms with Gasteiger partial charge in [-0.3, -0.25) is 9.69 Å². The summed E-state index contributed by atoms with van der Waals surface area (Å²) in [5, 5.41) is 0.771. The molecule has 7 heteroatoms. The van der Waals surface area contributed by atoms with Crippen molar-refractivity contribution in [3.8, 4) is 0 Å². The summed E-state index contributed by atoms with van der Waals surface area (Å²) in [5.74, 6) is 0.0765. The van der Waals surface area contributed by atoms with Gasteiger partial charge < -0.3 is 4.57 Å².